The summed E-state index contributed by atoms with van der Waals surface area (Å²) in [5, 5.41) is 0. The van der Waals surface area contributed by atoms with Crippen molar-refractivity contribution in [3.63, 3.8) is 0 Å². The van der Waals surface area contributed by atoms with E-state index in [-0.39, 0.29) is 0 Å². The number of rotatable bonds is 8. The minimum Gasteiger partial charge on any atom is -0.310 e. The van der Waals surface area contributed by atoms with Crippen LogP contribution in [-0.4, -0.2) is 0 Å². The lowest BCUT2D eigenvalue weighted by atomic mass is 9.70. The molecule has 10 aromatic carbocycles. The zero-order valence-corrected chi connectivity index (χ0v) is 35.3. The van der Waals surface area contributed by atoms with Gasteiger partial charge in [0.25, 0.3) is 0 Å². The fourth-order valence-corrected chi connectivity index (χ4v) is 10.6. The Balaban J connectivity index is 1.01. The van der Waals surface area contributed by atoms with Gasteiger partial charge >= 0.3 is 0 Å². The molecular formula is C63H43N. The van der Waals surface area contributed by atoms with Gasteiger partial charge in [-0.3, -0.25) is 0 Å². The molecule has 10 aromatic rings. The second kappa shape index (κ2) is 15.3. The number of hydrogen-bond acceptors (Lipinski definition) is 1. The third-order valence-electron chi connectivity index (χ3n) is 13.5. The van der Waals surface area contributed by atoms with Crippen LogP contribution in [0, 0.1) is 0 Å². The van der Waals surface area contributed by atoms with Crippen LogP contribution < -0.4 is 4.90 Å². The summed E-state index contributed by atoms with van der Waals surface area (Å²) >= 11 is 0. The number of fused-ring (bicyclic) bond motifs is 10. The molecule has 12 rings (SSSR count). The summed E-state index contributed by atoms with van der Waals surface area (Å²) in [5.41, 5.74) is 24.0. The summed E-state index contributed by atoms with van der Waals surface area (Å²) in [6.07, 6.45) is 1.97. The van der Waals surface area contributed by atoms with Crippen molar-refractivity contribution in [3.05, 3.63) is 277 Å². The molecule has 0 bridgehead atoms. The molecule has 0 amide bonds. The van der Waals surface area contributed by atoms with Gasteiger partial charge in [0.1, 0.15) is 0 Å². The van der Waals surface area contributed by atoms with Gasteiger partial charge in [-0.1, -0.05) is 207 Å². The maximum absolute atomic E-state index is 4.17. The first kappa shape index (κ1) is 37.5. The van der Waals surface area contributed by atoms with E-state index in [1.807, 2.05) is 6.08 Å². The van der Waals surface area contributed by atoms with E-state index in [2.05, 4.69) is 254 Å². The van der Waals surface area contributed by atoms with Crippen LogP contribution in [0.3, 0.4) is 0 Å². The Labute approximate surface area is 375 Å². The van der Waals surface area contributed by atoms with Gasteiger partial charge < -0.3 is 4.90 Å². The second-order valence-corrected chi connectivity index (χ2v) is 16.9. The van der Waals surface area contributed by atoms with Crippen LogP contribution in [0.15, 0.2) is 249 Å². The predicted octanol–water partition coefficient (Wildman–Crippen LogP) is 16.8. The van der Waals surface area contributed by atoms with Crippen molar-refractivity contribution in [3.8, 4) is 66.8 Å². The monoisotopic (exact) mass is 813 g/mol. The summed E-state index contributed by atoms with van der Waals surface area (Å²) < 4.78 is 0. The molecule has 2 aliphatic carbocycles. The Hall–Kier alpha value is -8.26. The lowest BCUT2D eigenvalue weighted by molar-refractivity contribution is 0.794. The largest absolute Gasteiger partial charge is 0.310 e. The van der Waals surface area contributed by atoms with Crippen molar-refractivity contribution in [1.82, 2.24) is 0 Å². The van der Waals surface area contributed by atoms with Crippen LogP contribution in [0.1, 0.15) is 27.8 Å². The summed E-state index contributed by atoms with van der Waals surface area (Å²) in [7, 11) is 0. The average molecular weight is 814 g/mol. The molecule has 0 saturated carbocycles. The van der Waals surface area contributed by atoms with Crippen LogP contribution in [0.2, 0.25) is 0 Å². The van der Waals surface area contributed by atoms with E-state index < -0.39 is 5.41 Å². The minimum absolute atomic E-state index is 0.488. The zero-order chi connectivity index (χ0) is 42.6. The Bertz CT molecular complexity index is 3280. The highest BCUT2D eigenvalue weighted by atomic mass is 15.1. The van der Waals surface area contributed by atoms with Gasteiger partial charge in [0, 0.05) is 17.1 Å². The smallest absolute Gasteiger partial charge is 0.0725 e. The summed E-state index contributed by atoms with van der Waals surface area (Å²) in [4.78, 5) is 2.38. The lowest BCUT2D eigenvalue weighted by Crippen LogP contribution is -2.26. The van der Waals surface area contributed by atoms with Gasteiger partial charge in [0.15, 0.2) is 0 Å². The third kappa shape index (κ3) is 5.93. The molecule has 0 aromatic heterocycles. The number of hydrogen-bond donors (Lipinski definition) is 0. The van der Waals surface area contributed by atoms with E-state index in [4.69, 9.17) is 0 Å². The first-order valence-corrected chi connectivity index (χ1v) is 22.1. The molecule has 1 heteroatoms. The SMILES string of the molecule is C=Cc1ccccc1-c1ccc2c(c1)C1(c3ccccc3-c3ccc(-c4cccc(N(c5ccc(-c6ccccc6)cc5)c5ccc(-c6ccccc6)cc5)c4)cc31)c1ccccc1-2. The lowest BCUT2D eigenvalue weighted by Gasteiger charge is -2.31. The maximum atomic E-state index is 4.17. The fourth-order valence-electron chi connectivity index (χ4n) is 10.6. The first-order chi connectivity index (χ1) is 31.7. The number of nitrogens with zero attached hydrogens (tertiary/aromatic N) is 1. The molecular weight excluding hydrogens is 771 g/mol. The highest BCUT2D eigenvalue weighted by Crippen LogP contribution is 2.63. The predicted molar refractivity (Wildman–Crippen MR) is 269 cm³/mol. The summed E-state index contributed by atoms with van der Waals surface area (Å²) in [5.74, 6) is 0. The Morgan fingerprint density at radius 1 is 0.281 bits per heavy atom. The van der Waals surface area contributed by atoms with E-state index in [1.54, 1.807) is 0 Å². The zero-order valence-electron chi connectivity index (χ0n) is 35.3. The van der Waals surface area contributed by atoms with Crippen LogP contribution >= 0.6 is 0 Å². The molecule has 1 nitrogen and oxygen atoms in total. The minimum atomic E-state index is -0.488. The highest BCUT2D eigenvalue weighted by Gasteiger charge is 2.51. The Morgan fingerprint density at radius 3 is 1.25 bits per heavy atom. The van der Waals surface area contributed by atoms with Crippen molar-refractivity contribution >= 4 is 23.1 Å². The van der Waals surface area contributed by atoms with Crippen molar-refractivity contribution in [2.24, 2.45) is 0 Å². The molecule has 1 atom stereocenters. The van der Waals surface area contributed by atoms with Crippen molar-refractivity contribution < 1.29 is 0 Å². The van der Waals surface area contributed by atoms with Crippen LogP contribution in [-0.2, 0) is 5.41 Å². The first-order valence-electron chi connectivity index (χ1n) is 22.1. The van der Waals surface area contributed by atoms with Crippen LogP contribution in [0.5, 0.6) is 0 Å². The molecule has 0 N–H and O–H groups in total. The van der Waals surface area contributed by atoms with Crippen molar-refractivity contribution in [2.75, 3.05) is 4.90 Å². The van der Waals surface area contributed by atoms with E-state index in [9.17, 15) is 0 Å². The quantitative estimate of drug-likeness (QED) is 0.148. The summed E-state index contributed by atoms with van der Waals surface area (Å²) in [6.45, 7) is 4.17. The van der Waals surface area contributed by atoms with E-state index in [0.29, 0.717) is 0 Å². The normalized spacial score (nSPS) is 14.1. The van der Waals surface area contributed by atoms with Crippen LogP contribution in [0.25, 0.3) is 72.8 Å². The molecule has 0 fully saturated rings. The molecule has 300 valence electrons. The molecule has 1 unspecified atom stereocenters. The molecule has 0 aliphatic heterocycles. The maximum Gasteiger partial charge on any atom is 0.0725 e. The molecule has 0 heterocycles. The van der Waals surface area contributed by atoms with Gasteiger partial charge in [-0.25, -0.2) is 0 Å². The van der Waals surface area contributed by atoms with E-state index in [0.717, 1.165) is 22.6 Å². The molecule has 0 radical (unpaired) electrons. The van der Waals surface area contributed by atoms with E-state index in [1.165, 1.54) is 89.0 Å². The van der Waals surface area contributed by atoms with Crippen molar-refractivity contribution in [2.45, 2.75) is 5.41 Å². The topological polar surface area (TPSA) is 3.24 Å². The van der Waals surface area contributed by atoms with Gasteiger partial charge in [-0.2, -0.15) is 0 Å². The standard InChI is InChI=1S/C63H43N/c1-2-43-16-9-10-23-54(43)50-33-39-58-56-25-12-14-27-60(56)63(62(58)42-50)59-26-13-11-24-55(59)57-38-32-49(41-61(57)63)48-21-15-22-53(40-48)64(51-34-28-46(29-35-51)44-17-5-3-6-18-44)52-36-30-47(31-37-52)45-19-7-4-8-20-45/h2-42H,1H2. The average Bonchev–Trinajstić information content (AvgIpc) is 3.84. The van der Waals surface area contributed by atoms with Crippen molar-refractivity contribution in [1.29, 1.82) is 0 Å². The van der Waals surface area contributed by atoms with E-state index >= 15 is 0 Å². The molecule has 64 heavy (non-hydrogen) atoms. The molecule has 1 spiro atoms. The van der Waals surface area contributed by atoms with Gasteiger partial charge in [0.2, 0.25) is 0 Å². The van der Waals surface area contributed by atoms with Crippen LogP contribution in [0.4, 0.5) is 17.1 Å². The number of benzene rings is 10. The Kier molecular flexibility index (Phi) is 8.95. The Morgan fingerprint density at radius 2 is 0.688 bits per heavy atom. The molecule has 0 saturated heterocycles. The third-order valence-corrected chi connectivity index (χ3v) is 13.5. The molecule has 2 aliphatic rings. The van der Waals surface area contributed by atoms with Gasteiger partial charge in [-0.05, 0) is 143 Å². The fraction of sp³-hybridized carbons (Fsp3) is 0.0159. The summed E-state index contributed by atoms with van der Waals surface area (Å²) in [6, 6.07) is 89.1. The van der Waals surface area contributed by atoms with Gasteiger partial charge in [0.05, 0.1) is 5.41 Å². The second-order valence-electron chi connectivity index (χ2n) is 16.9. The van der Waals surface area contributed by atoms with Gasteiger partial charge in [-0.15, -0.1) is 0 Å². The highest BCUT2D eigenvalue weighted by molar-refractivity contribution is 5.97. The number of anilines is 3.